The third-order valence-electron chi connectivity index (χ3n) is 4.34. The van der Waals surface area contributed by atoms with E-state index in [9.17, 15) is 9.13 Å². The summed E-state index contributed by atoms with van der Waals surface area (Å²) in [5.41, 5.74) is 0.387. The molecule has 0 bridgehead atoms. The van der Waals surface area contributed by atoms with E-state index >= 15 is 0 Å². The molecule has 3 aromatic rings. The zero-order valence-corrected chi connectivity index (χ0v) is 18.3. The summed E-state index contributed by atoms with van der Waals surface area (Å²) in [4.78, 5) is 0. The number of hydrogen-bond acceptors (Lipinski definition) is 6. The van der Waals surface area contributed by atoms with Crippen molar-refractivity contribution in [1.29, 1.82) is 0 Å². The van der Waals surface area contributed by atoms with Crippen molar-refractivity contribution in [1.82, 2.24) is 15.0 Å². The minimum atomic E-state index is -3.19. The van der Waals surface area contributed by atoms with Crippen LogP contribution in [0.3, 0.4) is 0 Å². The Morgan fingerprint density at radius 2 is 1.38 bits per heavy atom. The molecule has 154 valence electrons. The fraction of sp³-hybridized carbons (Fsp3) is 0.300. The van der Waals surface area contributed by atoms with Crippen LogP contribution in [-0.2, 0) is 24.7 Å². The molecular weight excluding hydrogens is 408 g/mol. The number of rotatable bonds is 10. The fourth-order valence-electron chi connectivity index (χ4n) is 3.02. The maximum absolute atomic E-state index is 14.2. The topological polar surface area (TPSA) is 83.3 Å². The van der Waals surface area contributed by atoms with Gasteiger partial charge >= 0.3 is 7.60 Å². The van der Waals surface area contributed by atoms with E-state index in [0.29, 0.717) is 29.3 Å². The van der Waals surface area contributed by atoms with Gasteiger partial charge in [-0.3, -0.25) is 9.25 Å². The Morgan fingerprint density at radius 3 is 1.86 bits per heavy atom. The zero-order valence-electron chi connectivity index (χ0n) is 16.5. The van der Waals surface area contributed by atoms with Crippen molar-refractivity contribution in [2.75, 3.05) is 19.4 Å². The van der Waals surface area contributed by atoms with Crippen molar-refractivity contribution in [2.24, 2.45) is 0 Å². The Kier molecular flexibility index (Phi) is 7.20. The summed E-state index contributed by atoms with van der Waals surface area (Å²) < 4.78 is 39.1. The van der Waals surface area contributed by atoms with Gasteiger partial charge in [0.2, 0.25) is 0 Å². The molecule has 0 spiro atoms. The third kappa shape index (κ3) is 4.93. The smallest absolute Gasteiger partial charge is 0.309 e. The van der Waals surface area contributed by atoms with Gasteiger partial charge in [-0.05, 0) is 13.8 Å². The Morgan fingerprint density at radius 1 is 0.862 bits per heavy atom. The van der Waals surface area contributed by atoms with Crippen LogP contribution < -0.4 is 16.0 Å². The van der Waals surface area contributed by atoms with Crippen molar-refractivity contribution < 1.29 is 18.2 Å². The summed E-state index contributed by atoms with van der Waals surface area (Å²) >= 11 is 0. The number of benzene rings is 2. The first-order chi connectivity index (χ1) is 14.0. The average Bonchev–Trinajstić information content (AvgIpc) is 3.23. The molecular formula is C20H25N3O4P2. The van der Waals surface area contributed by atoms with Crippen LogP contribution in [0.2, 0.25) is 0 Å². The monoisotopic (exact) mass is 433 g/mol. The molecule has 7 nitrogen and oxygen atoms in total. The van der Waals surface area contributed by atoms with Gasteiger partial charge in [0, 0.05) is 10.6 Å². The van der Waals surface area contributed by atoms with Crippen molar-refractivity contribution in [3.8, 4) is 0 Å². The first kappa shape index (κ1) is 21.7. The van der Waals surface area contributed by atoms with E-state index in [2.05, 4.69) is 10.3 Å². The third-order valence-corrected chi connectivity index (χ3v) is 9.30. The van der Waals surface area contributed by atoms with E-state index in [1.54, 1.807) is 24.7 Å². The molecule has 0 aliphatic heterocycles. The second-order valence-corrected chi connectivity index (χ2v) is 11.2. The Labute approximate surface area is 171 Å². The van der Waals surface area contributed by atoms with Gasteiger partial charge in [-0.1, -0.05) is 65.9 Å². The molecule has 0 radical (unpaired) electrons. The van der Waals surface area contributed by atoms with E-state index in [1.165, 1.54) is 0 Å². The Bertz CT molecular complexity index is 955. The quantitative estimate of drug-likeness (QED) is 0.457. The molecule has 0 saturated heterocycles. The van der Waals surface area contributed by atoms with Crippen LogP contribution in [0.1, 0.15) is 13.8 Å². The first-order valence-electron chi connectivity index (χ1n) is 9.52. The van der Waals surface area contributed by atoms with Crippen LogP contribution in [0, 0.1) is 0 Å². The van der Waals surface area contributed by atoms with E-state index in [1.807, 2.05) is 60.7 Å². The highest BCUT2D eigenvalue weighted by molar-refractivity contribution is 7.85. The predicted octanol–water partition coefficient (Wildman–Crippen LogP) is 3.18. The first-order valence-corrected chi connectivity index (χ1v) is 13.0. The second-order valence-electron chi connectivity index (χ2n) is 6.29. The molecule has 0 N–H and O–H groups in total. The SMILES string of the molecule is CCOP(=O)(CCn1cc(P(=O)(c2ccccc2)c2ccccc2)nn1)OCC. The lowest BCUT2D eigenvalue weighted by molar-refractivity contribution is 0.218. The minimum Gasteiger partial charge on any atom is -0.309 e. The normalized spacial score (nSPS) is 12.2. The standard InChI is InChI=1S/C20H25N3O4P2/c1-3-26-28(24,27-4-2)16-15-23-17-20(21-22-23)29(25,18-11-7-5-8-12-18)19-13-9-6-10-14-19/h5-14,17H,3-4,15-16H2,1-2H3. The molecule has 0 aliphatic carbocycles. The highest BCUT2D eigenvalue weighted by Crippen LogP contribution is 2.48. The number of nitrogens with zero attached hydrogens (tertiary/aromatic N) is 3. The van der Waals surface area contributed by atoms with Crippen LogP contribution >= 0.6 is 14.7 Å². The molecule has 0 saturated carbocycles. The maximum atomic E-state index is 14.2. The highest BCUT2D eigenvalue weighted by atomic mass is 31.2. The van der Waals surface area contributed by atoms with Crippen LogP contribution in [-0.4, -0.2) is 34.4 Å². The summed E-state index contributed by atoms with van der Waals surface area (Å²) in [5.74, 6) is 0. The van der Waals surface area contributed by atoms with E-state index in [-0.39, 0.29) is 12.7 Å². The van der Waals surface area contributed by atoms with Crippen molar-refractivity contribution in [3.05, 3.63) is 66.9 Å². The van der Waals surface area contributed by atoms with Crippen molar-refractivity contribution in [3.63, 3.8) is 0 Å². The summed E-state index contributed by atoms with van der Waals surface area (Å²) in [6.45, 7) is 4.44. The summed E-state index contributed by atoms with van der Waals surface area (Å²) in [5, 5.41) is 9.71. The lowest BCUT2D eigenvalue weighted by Crippen LogP contribution is -2.25. The zero-order chi connectivity index (χ0) is 20.7. The van der Waals surface area contributed by atoms with E-state index in [4.69, 9.17) is 9.05 Å². The predicted molar refractivity (Wildman–Crippen MR) is 115 cm³/mol. The summed E-state index contributed by atoms with van der Waals surface area (Å²) in [7, 11) is -6.36. The van der Waals surface area contributed by atoms with Gasteiger partial charge in [-0.2, -0.15) is 0 Å². The van der Waals surface area contributed by atoms with Crippen LogP contribution in [0.25, 0.3) is 0 Å². The maximum Gasteiger partial charge on any atom is 0.332 e. The van der Waals surface area contributed by atoms with Crippen LogP contribution in [0.4, 0.5) is 0 Å². The molecule has 0 fully saturated rings. The molecule has 2 aromatic carbocycles. The van der Waals surface area contributed by atoms with E-state index < -0.39 is 14.7 Å². The van der Waals surface area contributed by atoms with Crippen molar-refractivity contribution in [2.45, 2.75) is 20.4 Å². The molecule has 1 heterocycles. The van der Waals surface area contributed by atoms with Gasteiger partial charge in [-0.15, -0.1) is 5.10 Å². The minimum absolute atomic E-state index is 0.165. The van der Waals surface area contributed by atoms with Gasteiger partial charge in [-0.25, -0.2) is 0 Å². The number of hydrogen-bond donors (Lipinski definition) is 0. The van der Waals surface area contributed by atoms with Crippen LogP contribution in [0.15, 0.2) is 66.9 Å². The fourth-order valence-corrected chi connectivity index (χ4v) is 7.06. The van der Waals surface area contributed by atoms with Gasteiger partial charge in [0.15, 0.2) is 12.6 Å². The Balaban J connectivity index is 1.91. The lowest BCUT2D eigenvalue weighted by atomic mass is 10.4. The molecule has 0 unspecified atom stereocenters. The molecule has 29 heavy (non-hydrogen) atoms. The van der Waals surface area contributed by atoms with Gasteiger partial charge in [0.05, 0.1) is 32.1 Å². The molecule has 0 amide bonds. The molecule has 9 heteroatoms. The largest absolute Gasteiger partial charge is 0.332 e. The highest BCUT2D eigenvalue weighted by Gasteiger charge is 2.33. The summed E-state index contributed by atoms with van der Waals surface area (Å²) in [6, 6.07) is 18.5. The summed E-state index contributed by atoms with van der Waals surface area (Å²) in [6.07, 6.45) is 1.82. The number of aromatic nitrogens is 3. The molecule has 3 rings (SSSR count). The van der Waals surface area contributed by atoms with Gasteiger partial charge in [0.1, 0.15) is 0 Å². The average molecular weight is 433 g/mol. The van der Waals surface area contributed by atoms with E-state index in [0.717, 1.165) is 0 Å². The van der Waals surface area contributed by atoms with Gasteiger partial charge in [0.25, 0.3) is 0 Å². The molecule has 1 aromatic heterocycles. The van der Waals surface area contributed by atoms with Crippen LogP contribution in [0.5, 0.6) is 0 Å². The second kappa shape index (κ2) is 9.64. The molecule has 0 aliphatic rings. The molecule has 0 atom stereocenters. The number of aryl methyl sites for hydroxylation is 1. The Hall–Kier alpha value is -2.04. The van der Waals surface area contributed by atoms with Gasteiger partial charge < -0.3 is 13.6 Å². The lowest BCUT2D eigenvalue weighted by Gasteiger charge is -2.17. The van der Waals surface area contributed by atoms with Crippen molar-refractivity contribution >= 4 is 30.8 Å².